The van der Waals surface area contributed by atoms with Gasteiger partial charge in [-0.1, -0.05) is 18.2 Å². The number of para-hydroxylation sites is 1. The summed E-state index contributed by atoms with van der Waals surface area (Å²) in [5, 5.41) is 8.35. The van der Waals surface area contributed by atoms with Crippen LogP contribution in [0.15, 0.2) is 53.6 Å². The average Bonchev–Trinajstić information content (AvgIpc) is 2.96. The number of aryl methyl sites for hydroxylation is 2. The van der Waals surface area contributed by atoms with Gasteiger partial charge in [0, 0.05) is 25.2 Å². The van der Waals surface area contributed by atoms with Crippen LogP contribution >= 0.6 is 0 Å². The fourth-order valence-corrected chi connectivity index (χ4v) is 2.86. The Morgan fingerprint density at radius 2 is 1.88 bits per heavy atom. The number of hydrogen-bond acceptors (Lipinski definition) is 4. The molecule has 0 saturated heterocycles. The number of carbonyl (C=O) groups is 1. The largest absolute Gasteiger partial charge is 0.321 e. The molecular weight excluding hydrogens is 318 g/mol. The highest BCUT2D eigenvalue weighted by Crippen LogP contribution is 2.20. The van der Waals surface area contributed by atoms with E-state index in [9.17, 15) is 9.59 Å². The van der Waals surface area contributed by atoms with Gasteiger partial charge in [-0.3, -0.25) is 14.3 Å². The number of nitrogens with one attached hydrogen (secondary N) is 1. The summed E-state index contributed by atoms with van der Waals surface area (Å²) in [6.07, 6.45) is 1.48. The van der Waals surface area contributed by atoms with Crippen LogP contribution in [0, 0.1) is 0 Å². The van der Waals surface area contributed by atoms with Gasteiger partial charge in [-0.15, -0.1) is 0 Å². The zero-order valence-corrected chi connectivity index (χ0v) is 13.7. The molecule has 2 aromatic carbocycles. The summed E-state index contributed by atoms with van der Waals surface area (Å²) in [5.41, 5.74) is 2.17. The lowest BCUT2D eigenvalue weighted by Gasteiger charge is -2.06. The molecule has 7 heteroatoms. The van der Waals surface area contributed by atoms with Crippen LogP contribution in [-0.4, -0.2) is 25.2 Å². The van der Waals surface area contributed by atoms with Gasteiger partial charge >= 0.3 is 0 Å². The van der Waals surface area contributed by atoms with Crippen LogP contribution in [0.3, 0.4) is 0 Å². The van der Waals surface area contributed by atoms with Crippen molar-refractivity contribution in [3.8, 4) is 0 Å². The molecule has 4 aromatic rings. The van der Waals surface area contributed by atoms with Crippen LogP contribution in [0.2, 0.25) is 0 Å². The Morgan fingerprint density at radius 3 is 2.72 bits per heavy atom. The maximum atomic E-state index is 12.6. The Hall–Kier alpha value is -3.48. The van der Waals surface area contributed by atoms with Crippen LogP contribution in [0.1, 0.15) is 10.5 Å². The van der Waals surface area contributed by atoms with Crippen LogP contribution in [-0.2, 0) is 14.1 Å². The maximum absolute atomic E-state index is 12.6. The number of nitrogens with zero attached hydrogens (tertiary/aromatic N) is 4. The molecule has 0 unspecified atom stereocenters. The molecule has 0 spiro atoms. The molecule has 0 atom stereocenters. The molecule has 0 saturated carbocycles. The monoisotopic (exact) mass is 333 g/mol. The second-order valence-electron chi connectivity index (χ2n) is 5.84. The number of benzene rings is 2. The maximum Gasteiger partial charge on any atom is 0.276 e. The van der Waals surface area contributed by atoms with Crippen molar-refractivity contribution in [1.29, 1.82) is 0 Å². The molecule has 0 bridgehead atoms. The van der Waals surface area contributed by atoms with Gasteiger partial charge < -0.3 is 9.88 Å². The van der Waals surface area contributed by atoms with E-state index in [1.807, 2.05) is 24.3 Å². The predicted octanol–water partition coefficient (Wildman–Crippen LogP) is 2.07. The summed E-state index contributed by atoms with van der Waals surface area (Å²) in [4.78, 5) is 29.1. The topological polar surface area (TPSA) is 81.8 Å². The smallest absolute Gasteiger partial charge is 0.276 e. The van der Waals surface area contributed by atoms with E-state index in [1.54, 1.807) is 37.0 Å². The van der Waals surface area contributed by atoms with Crippen molar-refractivity contribution in [2.75, 3.05) is 5.32 Å². The van der Waals surface area contributed by atoms with E-state index in [4.69, 9.17) is 0 Å². The number of aromatic nitrogens is 4. The minimum Gasteiger partial charge on any atom is -0.321 e. The second kappa shape index (κ2) is 5.55. The van der Waals surface area contributed by atoms with Gasteiger partial charge in [0.1, 0.15) is 0 Å². The highest BCUT2D eigenvalue weighted by molar-refractivity contribution is 6.11. The summed E-state index contributed by atoms with van der Waals surface area (Å²) < 4.78 is 3.07. The first-order chi connectivity index (χ1) is 12.0. The van der Waals surface area contributed by atoms with Crippen LogP contribution < -0.4 is 10.9 Å². The fourth-order valence-electron chi connectivity index (χ4n) is 2.86. The Morgan fingerprint density at radius 1 is 1.08 bits per heavy atom. The number of rotatable bonds is 2. The molecule has 2 heterocycles. The van der Waals surface area contributed by atoms with Gasteiger partial charge in [-0.05, 0) is 24.3 Å². The van der Waals surface area contributed by atoms with Crippen molar-refractivity contribution < 1.29 is 4.79 Å². The molecule has 0 radical (unpaired) electrons. The van der Waals surface area contributed by atoms with E-state index in [-0.39, 0.29) is 11.5 Å². The molecule has 0 fully saturated rings. The lowest BCUT2D eigenvalue weighted by molar-refractivity contribution is 0.102. The van der Waals surface area contributed by atoms with E-state index < -0.39 is 0 Å². The first-order valence-electron chi connectivity index (χ1n) is 7.73. The first-order valence-corrected chi connectivity index (χ1v) is 7.73. The summed E-state index contributed by atoms with van der Waals surface area (Å²) in [6.45, 7) is 0. The Labute approximate surface area is 142 Å². The normalized spacial score (nSPS) is 11.1. The Bertz CT molecular complexity index is 1190. The number of fused-ring (bicyclic) bond motifs is 2. The second-order valence-corrected chi connectivity index (χ2v) is 5.84. The van der Waals surface area contributed by atoms with Crippen molar-refractivity contribution in [3.05, 3.63) is 64.8 Å². The highest BCUT2D eigenvalue weighted by Gasteiger charge is 2.16. The van der Waals surface area contributed by atoms with Gasteiger partial charge in [0.2, 0.25) is 0 Å². The minimum atomic E-state index is -0.322. The molecule has 7 nitrogen and oxygen atoms in total. The summed E-state index contributed by atoms with van der Waals surface area (Å²) in [5.74, 6) is -0.322. The fraction of sp³-hybridized carbons (Fsp3) is 0.111. The molecular formula is C18H15N5O2. The van der Waals surface area contributed by atoms with Gasteiger partial charge in [0.25, 0.3) is 11.5 Å². The molecule has 1 amide bonds. The third-order valence-corrected chi connectivity index (χ3v) is 4.15. The lowest BCUT2D eigenvalue weighted by Crippen LogP contribution is -2.18. The van der Waals surface area contributed by atoms with E-state index in [2.05, 4.69) is 15.4 Å². The lowest BCUT2D eigenvalue weighted by atomic mass is 10.2. The molecule has 124 valence electrons. The van der Waals surface area contributed by atoms with Crippen LogP contribution in [0.5, 0.6) is 0 Å². The van der Waals surface area contributed by atoms with Crippen LogP contribution in [0.25, 0.3) is 21.8 Å². The Kier molecular flexibility index (Phi) is 3.35. The third-order valence-electron chi connectivity index (χ3n) is 4.15. The molecule has 0 aliphatic carbocycles. The quantitative estimate of drug-likeness (QED) is 0.609. The number of carbonyl (C=O) groups excluding carboxylic acids is 1. The molecule has 2 aromatic heterocycles. The SMILES string of the molecule is Cn1cnc2ccc(NC(=O)c3nn(C)c4ccccc34)cc2c1=O. The van der Waals surface area contributed by atoms with Crippen molar-refractivity contribution >= 4 is 33.4 Å². The first kappa shape index (κ1) is 15.1. The molecule has 4 rings (SSSR count). The summed E-state index contributed by atoms with van der Waals surface area (Å²) >= 11 is 0. The van der Waals surface area contributed by atoms with Gasteiger partial charge in [-0.2, -0.15) is 5.10 Å². The molecule has 25 heavy (non-hydrogen) atoms. The third kappa shape index (κ3) is 2.46. The van der Waals surface area contributed by atoms with Crippen LogP contribution in [0.4, 0.5) is 5.69 Å². The highest BCUT2D eigenvalue weighted by atomic mass is 16.2. The van der Waals surface area contributed by atoms with Crippen molar-refractivity contribution in [3.63, 3.8) is 0 Å². The average molecular weight is 333 g/mol. The van der Waals surface area contributed by atoms with Gasteiger partial charge in [-0.25, -0.2) is 4.98 Å². The van der Waals surface area contributed by atoms with Gasteiger partial charge in [0.05, 0.1) is 22.7 Å². The van der Waals surface area contributed by atoms with E-state index in [0.717, 1.165) is 10.9 Å². The standard InChI is InChI=1S/C18H15N5O2/c1-22-10-19-14-8-7-11(9-13(14)18(22)25)20-17(24)16-12-5-3-4-6-15(12)23(2)21-16/h3-10H,1-2H3,(H,20,24). The number of amides is 1. The van der Waals surface area contributed by atoms with E-state index in [1.165, 1.54) is 10.9 Å². The van der Waals surface area contributed by atoms with Crippen molar-refractivity contribution in [2.24, 2.45) is 14.1 Å². The number of anilines is 1. The zero-order valence-electron chi connectivity index (χ0n) is 13.7. The van der Waals surface area contributed by atoms with E-state index in [0.29, 0.717) is 22.3 Å². The Balaban J connectivity index is 1.74. The van der Waals surface area contributed by atoms with Gasteiger partial charge in [0.15, 0.2) is 5.69 Å². The predicted molar refractivity (Wildman–Crippen MR) is 95.7 cm³/mol. The molecule has 0 aliphatic rings. The molecule has 0 aliphatic heterocycles. The van der Waals surface area contributed by atoms with E-state index >= 15 is 0 Å². The van der Waals surface area contributed by atoms with Crippen molar-refractivity contribution in [2.45, 2.75) is 0 Å². The number of hydrogen-bond donors (Lipinski definition) is 1. The molecule has 1 N–H and O–H groups in total. The minimum absolute atomic E-state index is 0.163. The van der Waals surface area contributed by atoms with Crippen molar-refractivity contribution in [1.82, 2.24) is 19.3 Å². The summed E-state index contributed by atoms with van der Waals surface area (Å²) in [7, 11) is 3.44. The summed E-state index contributed by atoms with van der Waals surface area (Å²) in [6, 6.07) is 12.6. The zero-order chi connectivity index (χ0) is 17.6.